The molecule has 0 amide bonds. The molecule has 0 aromatic carbocycles. The summed E-state index contributed by atoms with van der Waals surface area (Å²) in [7, 11) is 3.70. The minimum Gasteiger partial charge on any atom is -0.385 e. The van der Waals surface area contributed by atoms with Gasteiger partial charge in [0.15, 0.2) is 10.4 Å². The maximum absolute atomic E-state index is 5.46. The zero-order valence-electron chi connectivity index (χ0n) is 12.1. The first-order valence-electron chi connectivity index (χ1n) is 6.75. The fourth-order valence-electron chi connectivity index (χ4n) is 2.48. The van der Waals surface area contributed by atoms with E-state index in [4.69, 9.17) is 17.0 Å². The van der Waals surface area contributed by atoms with Crippen molar-refractivity contribution < 1.29 is 4.74 Å². The van der Waals surface area contributed by atoms with Gasteiger partial charge in [0.05, 0.1) is 5.69 Å². The number of aryl methyl sites for hydroxylation is 2. The van der Waals surface area contributed by atoms with Gasteiger partial charge >= 0.3 is 0 Å². The van der Waals surface area contributed by atoms with Crippen molar-refractivity contribution in [2.24, 2.45) is 7.05 Å². The van der Waals surface area contributed by atoms with Crippen molar-refractivity contribution in [3.05, 3.63) is 10.5 Å². The smallest absolute Gasteiger partial charge is 0.179 e. The highest BCUT2D eigenvalue weighted by Crippen LogP contribution is 2.23. The molecule has 6 heteroatoms. The number of aromatic nitrogens is 4. The minimum atomic E-state index is 0.297. The number of fused-ring (bicyclic) bond motifs is 1. The summed E-state index contributed by atoms with van der Waals surface area (Å²) in [4.78, 5) is 3.31. The van der Waals surface area contributed by atoms with Crippen LogP contribution in [0.15, 0.2) is 0 Å². The van der Waals surface area contributed by atoms with E-state index in [0.29, 0.717) is 6.04 Å². The molecule has 1 unspecified atom stereocenters. The van der Waals surface area contributed by atoms with E-state index in [0.717, 1.165) is 47.5 Å². The summed E-state index contributed by atoms with van der Waals surface area (Å²) >= 11 is 5.46. The lowest BCUT2D eigenvalue weighted by atomic mass is 10.2. The molecule has 5 nitrogen and oxygen atoms in total. The van der Waals surface area contributed by atoms with Crippen molar-refractivity contribution in [3.8, 4) is 0 Å². The molecule has 0 radical (unpaired) electrons. The maximum atomic E-state index is 5.46. The van der Waals surface area contributed by atoms with Crippen molar-refractivity contribution in [2.45, 2.75) is 39.2 Å². The lowest BCUT2D eigenvalue weighted by Gasteiger charge is -2.13. The first-order chi connectivity index (χ1) is 9.10. The van der Waals surface area contributed by atoms with Crippen LogP contribution < -0.4 is 0 Å². The summed E-state index contributed by atoms with van der Waals surface area (Å²) in [5, 5.41) is 4.59. The van der Waals surface area contributed by atoms with E-state index in [-0.39, 0.29) is 0 Å². The number of rotatable bonds is 6. The topological polar surface area (TPSA) is 47.8 Å². The van der Waals surface area contributed by atoms with Crippen LogP contribution in [0.4, 0.5) is 0 Å². The van der Waals surface area contributed by atoms with Crippen molar-refractivity contribution >= 4 is 23.4 Å². The summed E-state index contributed by atoms with van der Waals surface area (Å²) in [6.45, 7) is 5.05. The van der Waals surface area contributed by atoms with Gasteiger partial charge in [-0.15, -0.1) is 0 Å². The number of nitrogens with one attached hydrogen (secondary N) is 1. The lowest BCUT2D eigenvalue weighted by Crippen LogP contribution is -2.10. The Labute approximate surface area is 118 Å². The predicted molar refractivity (Wildman–Crippen MR) is 79.1 cm³/mol. The number of H-pyrrole nitrogens is 1. The molecular formula is C13H22N4OS. The molecule has 1 N–H and O–H groups in total. The normalized spacial score (nSPS) is 13.3. The summed E-state index contributed by atoms with van der Waals surface area (Å²) in [6.07, 6.45) is 2.99. The van der Waals surface area contributed by atoms with Crippen LogP contribution in [0.5, 0.6) is 0 Å². The van der Waals surface area contributed by atoms with Gasteiger partial charge < -0.3 is 9.72 Å². The third-order valence-electron chi connectivity index (χ3n) is 3.44. The summed E-state index contributed by atoms with van der Waals surface area (Å²) in [5.41, 5.74) is 3.26. The average Bonchev–Trinajstić information content (AvgIpc) is 2.85. The molecule has 106 valence electrons. The monoisotopic (exact) mass is 282 g/mol. The van der Waals surface area contributed by atoms with Crippen LogP contribution >= 0.6 is 12.2 Å². The van der Waals surface area contributed by atoms with Crippen LogP contribution in [0.1, 0.15) is 38.4 Å². The van der Waals surface area contributed by atoms with Crippen molar-refractivity contribution in [2.75, 3.05) is 13.7 Å². The molecule has 2 aromatic rings. The Kier molecular flexibility index (Phi) is 4.42. The largest absolute Gasteiger partial charge is 0.385 e. The number of nitrogens with zero attached hydrogens (tertiary/aromatic N) is 3. The first kappa shape index (κ1) is 14.3. The second kappa shape index (κ2) is 5.88. The van der Waals surface area contributed by atoms with E-state index in [1.54, 1.807) is 7.11 Å². The predicted octanol–water partition coefficient (Wildman–Crippen LogP) is 2.98. The van der Waals surface area contributed by atoms with Gasteiger partial charge in [-0.3, -0.25) is 9.25 Å². The molecule has 0 saturated carbocycles. The Balaban J connectivity index is 2.49. The molecule has 2 aromatic heterocycles. The number of imidazole rings is 1. The molecule has 0 fully saturated rings. The SMILES string of the molecule is CCCc1nn(C)c2c1[nH]c(=S)n2C(C)CCOC. The van der Waals surface area contributed by atoms with Crippen molar-refractivity contribution in [1.29, 1.82) is 0 Å². The molecule has 19 heavy (non-hydrogen) atoms. The maximum Gasteiger partial charge on any atom is 0.179 e. The van der Waals surface area contributed by atoms with Crippen LogP contribution in [0.25, 0.3) is 11.2 Å². The molecule has 0 saturated heterocycles. The quantitative estimate of drug-likeness (QED) is 0.829. The van der Waals surface area contributed by atoms with Gasteiger partial charge in [-0.05, 0) is 32.0 Å². The van der Waals surface area contributed by atoms with Gasteiger partial charge in [-0.1, -0.05) is 13.3 Å². The van der Waals surface area contributed by atoms with Gasteiger partial charge in [0.1, 0.15) is 5.52 Å². The number of ether oxygens (including phenoxy) is 1. The van der Waals surface area contributed by atoms with Gasteiger partial charge in [0, 0.05) is 26.8 Å². The molecule has 2 rings (SSSR count). The van der Waals surface area contributed by atoms with Crippen molar-refractivity contribution in [3.63, 3.8) is 0 Å². The van der Waals surface area contributed by atoms with Gasteiger partial charge in [0.25, 0.3) is 0 Å². The van der Waals surface area contributed by atoms with E-state index in [9.17, 15) is 0 Å². The fourth-order valence-corrected chi connectivity index (χ4v) is 2.84. The summed E-state index contributed by atoms with van der Waals surface area (Å²) in [5.74, 6) is 0. The molecule has 2 heterocycles. The lowest BCUT2D eigenvalue weighted by molar-refractivity contribution is 0.181. The molecule has 0 aliphatic rings. The van der Waals surface area contributed by atoms with E-state index >= 15 is 0 Å². The fraction of sp³-hybridized carbons (Fsp3) is 0.692. The first-order valence-corrected chi connectivity index (χ1v) is 7.16. The molecule has 0 aliphatic carbocycles. The van der Waals surface area contributed by atoms with E-state index in [1.165, 1.54) is 0 Å². The summed E-state index contributed by atoms with van der Waals surface area (Å²) < 4.78 is 10.00. The van der Waals surface area contributed by atoms with E-state index < -0.39 is 0 Å². The standard InChI is InChI=1S/C13H22N4OS/c1-5-6-10-11-12(16(3)15-10)17(13(19)14-11)9(2)7-8-18-4/h9H,5-8H2,1-4H3,(H,14,19). The minimum absolute atomic E-state index is 0.297. The second-order valence-corrected chi connectivity index (χ2v) is 5.34. The van der Waals surface area contributed by atoms with Gasteiger partial charge in [0.2, 0.25) is 0 Å². The summed E-state index contributed by atoms with van der Waals surface area (Å²) in [6, 6.07) is 0.297. The van der Waals surface area contributed by atoms with Crippen molar-refractivity contribution in [1.82, 2.24) is 19.3 Å². The van der Waals surface area contributed by atoms with Crippen LogP contribution in [-0.2, 0) is 18.2 Å². The zero-order chi connectivity index (χ0) is 14.0. The number of aromatic amines is 1. The second-order valence-electron chi connectivity index (χ2n) is 4.95. The molecular weight excluding hydrogens is 260 g/mol. The Morgan fingerprint density at radius 2 is 2.21 bits per heavy atom. The Morgan fingerprint density at radius 1 is 1.47 bits per heavy atom. The number of hydrogen-bond acceptors (Lipinski definition) is 3. The van der Waals surface area contributed by atoms with Crippen LogP contribution in [-0.4, -0.2) is 33.0 Å². The van der Waals surface area contributed by atoms with Crippen LogP contribution in [0.2, 0.25) is 0 Å². The van der Waals surface area contributed by atoms with E-state index in [1.807, 2.05) is 11.7 Å². The molecule has 0 aliphatic heterocycles. The van der Waals surface area contributed by atoms with Gasteiger partial charge in [-0.2, -0.15) is 5.10 Å². The van der Waals surface area contributed by atoms with Crippen LogP contribution in [0, 0.1) is 4.77 Å². The Bertz CT molecular complexity index is 610. The average molecular weight is 282 g/mol. The molecule has 1 atom stereocenters. The highest BCUT2D eigenvalue weighted by atomic mass is 32.1. The highest BCUT2D eigenvalue weighted by molar-refractivity contribution is 7.71. The number of hydrogen-bond donors (Lipinski definition) is 1. The third-order valence-corrected chi connectivity index (χ3v) is 3.73. The Morgan fingerprint density at radius 3 is 2.84 bits per heavy atom. The van der Waals surface area contributed by atoms with Gasteiger partial charge in [-0.25, -0.2) is 0 Å². The number of methoxy groups -OCH3 is 1. The zero-order valence-corrected chi connectivity index (χ0v) is 12.9. The molecule has 0 bridgehead atoms. The Hall–Kier alpha value is -1.14. The molecule has 0 spiro atoms. The van der Waals surface area contributed by atoms with E-state index in [2.05, 4.69) is 28.5 Å². The third kappa shape index (κ3) is 2.60. The highest BCUT2D eigenvalue weighted by Gasteiger charge is 2.17. The van der Waals surface area contributed by atoms with Crippen LogP contribution in [0.3, 0.4) is 0 Å².